The largest absolute Gasteiger partial charge is 0.355 e. The van der Waals surface area contributed by atoms with Gasteiger partial charge >= 0.3 is 0 Å². The molecule has 0 unspecified atom stereocenters. The Morgan fingerprint density at radius 1 is 1.15 bits per heavy atom. The molecular formula is C16H18N4. The summed E-state index contributed by atoms with van der Waals surface area (Å²) in [6.45, 7) is 6.76. The van der Waals surface area contributed by atoms with Gasteiger partial charge in [0.25, 0.3) is 0 Å². The lowest BCUT2D eigenvalue weighted by Gasteiger charge is -2.20. The minimum Gasteiger partial charge on any atom is -0.355 e. The highest BCUT2D eigenvalue weighted by atomic mass is 15.2. The molecule has 0 amide bonds. The number of hydrogen-bond acceptors (Lipinski definition) is 4. The summed E-state index contributed by atoms with van der Waals surface area (Å²) in [5, 5.41) is 8.98. The molecule has 4 heteroatoms. The average Bonchev–Trinajstić information content (AvgIpc) is 2.42. The molecule has 102 valence electrons. The topological polar surface area (TPSA) is 52.8 Å². The summed E-state index contributed by atoms with van der Waals surface area (Å²) in [7, 11) is 1.98. The lowest BCUT2D eigenvalue weighted by atomic mass is 10.1. The van der Waals surface area contributed by atoms with Crippen molar-refractivity contribution in [2.24, 2.45) is 0 Å². The van der Waals surface area contributed by atoms with Crippen LogP contribution >= 0.6 is 0 Å². The number of nitrogens with zero attached hydrogens (tertiary/aromatic N) is 4. The summed E-state index contributed by atoms with van der Waals surface area (Å²) < 4.78 is 0. The van der Waals surface area contributed by atoms with Crippen LogP contribution in [-0.2, 0) is 6.54 Å². The van der Waals surface area contributed by atoms with Crippen molar-refractivity contribution < 1.29 is 0 Å². The highest BCUT2D eigenvalue weighted by Gasteiger charge is 2.08. The number of nitriles is 1. The molecule has 0 spiro atoms. The normalized spacial score (nSPS) is 10.2. The Balaban J connectivity index is 2.28. The molecule has 0 atom stereocenters. The Labute approximate surface area is 119 Å². The van der Waals surface area contributed by atoms with E-state index in [9.17, 15) is 0 Å². The smallest absolute Gasteiger partial charge is 0.146 e. The Hall–Kier alpha value is -2.41. The second-order valence-electron chi connectivity index (χ2n) is 5.06. The first-order chi connectivity index (χ1) is 9.49. The number of hydrogen-bond donors (Lipinski definition) is 0. The van der Waals surface area contributed by atoms with Crippen molar-refractivity contribution in [1.82, 2.24) is 9.97 Å². The number of benzene rings is 1. The van der Waals surface area contributed by atoms with Crippen LogP contribution in [0.4, 0.5) is 5.82 Å². The summed E-state index contributed by atoms with van der Waals surface area (Å²) in [5.41, 5.74) is 4.17. The van der Waals surface area contributed by atoms with E-state index in [0.717, 1.165) is 12.4 Å². The van der Waals surface area contributed by atoms with Gasteiger partial charge in [-0.25, -0.2) is 9.97 Å². The minimum absolute atomic E-state index is 0.403. The molecule has 0 saturated heterocycles. The Bertz CT molecular complexity index is 671. The fourth-order valence-electron chi connectivity index (χ4n) is 2.11. The second kappa shape index (κ2) is 5.70. The summed E-state index contributed by atoms with van der Waals surface area (Å²) in [6, 6.07) is 10.2. The molecular weight excluding hydrogens is 248 g/mol. The highest BCUT2D eigenvalue weighted by molar-refractivity contribution is 5.44. The van der Waals surface area contributed by atoms with Gasteiger partial charge in [0.1, 0.15) is 23.4 Å². The summed E-state index contributed by atoms with van der Waals surface area (Å²) in [6.07, 6.45) is 0. The van der Waals surface area contributed by atoms with E-state index in [0.29, 0.717) is 11.5 Å². The zero-order chi connectivity index (χ0) is 14.7. The van der Waals surface area contributed by atoms with Crippen molar-refractivity contribution in [3.05, 3.63) is 52.5 Å². The molecule has 4 nitrogen and oxygen atoms in total. The zero-order valence-corrected chi connectivity index (χ0v) is 12.3. The Kier molecular flexibility index (Phi) is 3.99. The average molecular weight is 266 g/mol. The molecule has 1 aromatic heterocycles. The molecule has 0 saturated carbocycles. The van der Waals surface area contributed by atoms with E-state index in [1.54, 1.807) is 13.0 Å². The molecule has 0 radical (unpaired) electrons. The van der Waals surface area contributed by atoms with Gasteiger partial charge in [-0.2, -0.15) is 5.26 Å². The fourth-order valence-corrected chi connectivity index (χ4v) is 2.11. The van der Waals surface area contributed by atoms with E-state index in [-0.39, 0.29) is 0 Å². The first kappa shape index (κ1) is 14.0. The van der Waals surface area contributed by atoms with Crippen molar-refractivity contribution in [3.8, 4) is 6.07 Å². The fraction of sp³-hybridized carbons (Fsp3) is 0.312. The molecule has 1 heterocycles. The van der Waals surface area contributed by atoms with Crippen LogP contribution in [0.3, 0.4) is 0 Å². The van der Waals surface area contributed by atoms with E-state index in [2.05, 4.69) is 48.1 Å². The van der Waals surface area contributed by atoms with Gasteiger partial charge in [0.15, 0.2) is 0 Å². The van der Waals surface area contributed by atoms with E-state index < -0.39 is 0 Å². The standard InChI is InChI=1S/C16H18N4/c1-11-5-6-12(2)14(7-11)10-20(4)16-8-15(9-17)18-13(3)19-16/h5-8H,10H2,1-4H3. The number of aryl methyl sites for hydroxylation is 3. The molecule has 2 rings (SSSR count). The van der Waals surface area contributed by atoms with Gasteiger partial charge in [0.05, 0.1) is 0 Å². The SMILES string of the molecule is Cc1ccc(C)c(CN(C)c2cc(C#N)nc(C)n2)c1. The second-order valence-corrected chi connectivity index (χ2v) is 5.06. The maximum Gasteiger partial charge on any atom is 0.146 e. The number of aromatic nitrogens is 2. The van der Waals surface area contributed by atoms with Gasteiger partial charge < -0.3 is 4.90 Å². The van der Waals surface area contributed by atoms with E-state index in [4.69, 9.17) is 5.26 Å². The van der Waals surface area contributed by atoms with Crippen molar-refractivity contribution in [3.63, 3.8) is 0 Å². The van der Waals surface area contributed by atoms with Crippen molar-refractivity contribution in [2.75, 3.05) is 11.9 Å². The van der Waals surface area contributed by atoms with Crippen molar-refractivity contribution >= 4 is 5.82 Å². The van der Waals surface area contributed by atoms with Crippen molar-refractivity contribution in [2.45, 2.75) is 27.3 Å². The van der Waals surface area contributed by atoms with E-state index in [1.165, 1.54) is 16.7 Å². The molecule has 0 fully saturated rings. The third-order valence-corrected chi connectivity index (χ3v) is 3.24. The van der Waals surface area contributed by atoms with Crippen LogP contribution in [0.1, 0.15) is 28.2 Å². The molecule has 1 aromatic carbocycles. The van der Waals surface area contributed by atoms with Gasteiger partial charge in [0.2, 0.25) is 0 Å². The molecule has 0 bridgehead atoms. The predicted molar refractivity (Wildman–Crippen MR) is 79.5 cm³/mol. The number of rotatable bonds is 3. The predicted octanol–water partition coefficient (Wildman–Crippen LogP) is 2.91. The molecule has 0 aliphatic heterocycles. The zero-order valence-electron chi connectivity index (χ0n) is 12.3. The first-order valence-electron chi connectivity index (χ1n) is 6.52. The monoisotopic (exact) mass is 266 g/mol. The lowest BCUT2D eigenvalue weighted by Crippen LogP contribution is -2.19. The molecule has 0 aliphatic rings. The van der Waals surface area contributed by atoms with E-state index in [1.807, 2.05) is 11.9 Å². The third-order valence-electron chi connectivity index (χ3n) is 3.24. The van der Waals surface area contributed by atoms with Crippen LogP contribution in [0, 0.1) is 32.1 Å². The molecule has 2 aromatic rings. The maximum atomic E-state index is 8.98. The van der Waals surface area contributed by atoms with Crippen LogP contribution in [0.2, 0.25) is 0 Å². The molecule has 0 N–H and O–H groups in total. The summed E-state index contributed by atoms with van der Waals surface area (Å²) in [5.74, 6) is 1.39. The molecule has 20 heavy (non-hydrogen) atoms. The Morgan fingerprint density at radius 3 is 2.60 bits per heavy atom. The van der Waals surface area contributed by atoms with Crippen LogP contribution in [-0.4, -0.2) is 17.0 Å². The van der Waals surface area contributed by atoms with Crippen LogP contribution in [0.25, 0.3) is 0 Å². The summed E-state index contributed by atoms with van der Waals surface area (Å²) in [4.78, 5) is 10.5. The van der Waals surface area contributed by atoms with Gasteiger partial charge in [-0.05, 0) is 31.9 Å². The van der Waals surface area contributed by atoms with E-state index >= 15 is 0 Å². The highest BCUT2D eigenvalue weighted by Crippen LogP contribution is 2.17. The van der Waals surface area contributed by atoms with Crippen LogP contribution < -0.4 is 4.90 Å². The lowest BCUT2D eigenvalue weighted by molar-refractivity contribution is 0.870. The maximum absolute atomic E-state index is 8.98. The van der Waals surface area contributed by atoms with Crippen LogP contribution in [0.15, 0.2) is 24.3 Å². The Morgan fingerprint density at radius 2 is 1.90 bits per heavy atom. The third kappa shape index (κ3) is 3.12. The van der Waals surface area contributed by atoms with Crippen molar-refractivity contribution in [1.29, 1.82) is 5.26 Å². The minimum atomic E-state index is 0.403. The summed E-state index contributed by atoms with van der Waals surface area (Å²) >= 11 is 0. The first-order valence-corrected chi connectivity index (χ1v) is 6.52. The molecule has 0 aliphatic carbocycles. The van der Waals surface area contributed by atoms with Gasteiger partial charge in [-0.1, -0.05) is 23.8 Å². The van der Waals surface area contributed by atoms with Gasteiger partial charge in [0, 0.05) is 19.7 Å². The van der Waals surface area contributed by atoms with Gasteiger partial charge in [-0.15, -0.1) is 0 Å². The van der Waals surface area contributed by atoms with Crippen LogP contribution in [0.5, 0.6) is 0 Å². The van der Waals surface area contributed by atoms with Gasteiger partial charge in [-0.3, -0.25) is 0 Å². The quantitative estimate of drug-likeness (QED) is 0.857. The number of anilines is 1.